The summed E-state index contributed by atoms with van der Waals surface area (Å²) in [5, 5.41) is 7.68. The molecule has 9 heteroatoms. The van der Waals surface area contributed by atoms with Gasteiger partial charge in [-0.3, -0.25) is 10.1 Å². The van der Waals surface area contributed by atoms with Crippen molar-refractivity contribution < 1.29 is 8.42 Å². The van der Waals surface area contributed by atoms with Crippen LogP contribution in [0.5, 0.6) is 0 Å². The molecule has 0 bridgehead atoms. The number of nitrogen functional groups attached to an aromatic ring is 1. The first-order valence-electron chi connectivity index (χ1n) is 8.56. The molecule has 0 fully saturated rings. The Morgan fingerprint density at radius 2 is 1.90 bits per heavy atom. The van der Waals surface area contributed by atoms with Gasteiger partial charge >= 0.3 is 0 Å². The number of amidine groups is 1. The average molecular weight is 464 g/mol. The molecule has 29 heavy (non-hydrogen) atoms. The van der Waals surface area contributed by atoms with E-state index in [1.165, 1.54) is 11.3 Å². The fraction of sp³-hybridized carbons (Fsp3) is 0.150. The number of sulfonamides is 1. The molecular weight excluding hydrogens is 443 g/mol. The van der Waals surface area contributed by atoms with Crippen molar-refractivity contribution in [3.63, 3.8) is 0 Å². The number of thioether (sulfide) groups is 1. The third kappa shape index (κ3) is 5.36. The molecule has 3 aromatic rings. The van der Waals surface area contributed by atoms with Crippen molar-refractivity contribution in [2.45, 2.75) is 20.9 Å². The SMILES string of the molecule is CSc1sc(C(=N)N)cc1Sc1cccc(-c2c(C)cccc2NS(C)(=O)=O)c1. The monoisotopic (exact) mass is 463 g/mol. The summed E-state index contributed by atoms with van der Waals surface area (Å²) in [5.41, 5.74) is 9.00. The maximum absolute atomic E-state index is 11.8. The van der Waals surface area contributed by atoms with E-state index in [0.717, 1.165) is 41.8 Å². The number of thiophene rings is 1. The van der Waals surface area contributed by atoms with Crippen LogP contribution in [0.25, 0.3) is 11.1 Å². The van der Waals surface area contributed by atoms with Gasteiger partial charge in [0.1, 0.15) is 5.84 Å². The van der Waals surface area contributed by atoms with Crippen LogP contribution in [0.1, 0.15) is 10.4 Å². The van der Waals surface area contributed by atoms with Gasteiger partial charge in [0.2, 0.25) is 10.0 Å². The van der Waals surface area contributed by atoms with Crippen LogP contribution in [0.3, 0.4) is 0 Å². The number of nitrogens with two attached hydrogens (primary N) is 1. The summed E-state index contributed by atoms with van der Waals surface area (Å²) in [7, 11) is -3.39. The smallest absolute Gasteiger partial charge is 0.229 e. The summed E-state index contributed by atoms with van der Waals surface area (Å²) in [6.07, 6.45) is 3.16. The Balaban J connectivity index is 2.01. The summed E-state index contributed by atoms with van der Waals surface area (Å²) >= 11 is 4.76. The van der Waals surface area contributed by atoms with Gasteiger partial charge in [0, 0.05) is 15.4 Å². The zero-order valence-corrected chi connectivity index (χ0v) is 19.4. The molecule has 0 saturated heterocycles. The number of rotatable bonds is 7. The third-order valence-corrected chi connectivity index (χ3v) is 8.22. The molecule has 0 radical (unpaired) electrons. The van der Waals surface area contributed by atoms with E-state index in [2.05, 4.69) is 10.8 Å². The minimum Gasteiger partial charge on any atom is -0.383 e. The summed E-state index contributed by atoms with van der Waals surface area (Å²) in [6.45, 7) is 1.96. The number of nitrogens with one attached hydrogen (secondary N) is 2. The molecule has 5 nitrogen and oxygen atoms in total. The van der Waals surface area contributed by atoms with Gasteiger partial charge in [0.05, 0.1) is 21.0 Å². The molecule has 0 aliphatic carbocycles. The third-order valence-electron chi connectivity index (χ3n) is 4.04. The highest BCUT2D eigenvalue weighted by molar-refractivity contribution is 8.03. The molecule has 0 spiro atoms. The van der Waals surface area contributed by atoms with E-state index < -0.39 is 10.0 Å². The predicted molar refractivity (Wildman–Crippen MR) is 126 cm³/mol. The molecule has 3 rings (SSSR count). The molecule has 0 saturated carbocycles. The Bertz CT molecular complexity index is 1170. The zero-order valence-electron chi connectivity index (χ0n) is 16.1. The van der Waals surface area contributed by atoms with Crippen molar-refractivity contribution in [2.75, 3.05) is 17.2 Å². The standard InChI is InChI=1S/C20H21N3O2S4/c1-12-6-4-9-15(23-29(3,24)25)18(12)13-7-5-8-14(10-13)27-17-11-16(19(21)22)28-20(17)26-2/h4-11,23H,1-3H3,(H3,21,22). The zero-order chi connectivity index (χ0) is 21.2. The Labute approximate surface area is 183 Å². The Kier molecular flexibility index (Phi) is 6.62. The molecule has 4 N–H and O–H groups in total. The van der Waals surface area contributed by atoms with E-state index in [9.17, 15) is 8.42 Å². The number of hydrogen-bond donors (Lipinski definition) is 3. The lowest BCUT2D eigenvalue weighted by Crippen LogP contribution is -2.10. The van der Waals surface area contributed by atoms with Crippen LogP contribution in [-0.2, 0) is 10.0 Å². The highest BCUT2D eigenvalue weighted by atomic mass is 32.2. The predicted octanol–water partition coefficient (Wildman–Crippen LogP) is 5.25. The van der Waals surface area contributed by atoms with Crippen molar-refractivity contribution in [3.05, 3.63) is 59.0 Å². The number of benzene rings is 2. The van der Waals surface area contributed by atoms with E-state index in [0.29, 0.717) is 5.69 Å². The van der Waals surface area contributed by atoms with E-state index in [1.807, 2.05) is 49.6 Å². The molecular formula is C20H21N3O2S4. The van der Waals surface area contributed by atoms with E-state index >= 15 is 0 Å². The van der Waals surface area contributed by atoms with Crippen molar-refractivity contribution in [1.82, 2.24) is 0 Å². The van der Waals surface area contributed by atoms with Crippen LogP contribution in [-0.4, -0.2) is 26.8 Å². The van der Waals surface area contributed by atoms with Crippen LogP contribution in [0, 0.1) is 12.3 Å². The lowest BCUT2D eigenvalue weighted by atomic mass is 9.99. The van der Waals surface area contributed by atoms with E-state index in [-0.39, 0.29) is 5.84 Å². The van der Waals surface area contributed by atoms with Crippen molar-refractivity contribution in [2.24, 2.45) is 5.73 Å². The second kappa shape index (κ2) is 8.83. The van der Waals surface area contributed by atoms with Crippen molar-refractivity contribution >= 4 is 56.4 Å². The summed E-state index contributed by atoms with van der Waals surface area (Å²) in [4.78, 5) is 2.84. The summed E-state index contributed by atoms with van der Waals surface area (Å²) in [6, 6.07) is 15.5. The quantitative estimate of drug-likeness (QED) is 0.253. The van der Waals surface area contributed by atoms with Gasteiger partial charge < -0.3 is 5.73 Å². The fourth-order valence-corrected chi connectivity index (χ4v) is 6.51. The van der Waals surface area contributed by atoms with Gasteiger partial charge in [-0.2, -0.15) is 0 Å². The number of hydrogen-bond acceptors (Lipinski definition) is 6. The fourth-order valence-electron chi connectivity index (χ4n) is 2.88. The van der Waals surface area contributed by atoms with Crippen LogP contribution in [0.2, 0.25) is 0 Å². The van der Waals surface area contributed by atoms with Gasteiger partial charge in [-0.1, -0.05) is 36.0 Å². The summed E-state index contributed by atoms with van der Waals surface area (Å²) < 4.78 is 27.3. The molecule has 1 heterocycles. The van der Waals surface area contributed by atoms with Crippen LogP contribution in [0.4, 0.5) is 5.69 Å². The normalized spacial score (nSPS) is 11.4. The van der Waals surface area contributed by atoms with Crippen molar-refractivity contribution in [1.29, 1.82) is 5.41 Å². The maximum Gasteiger partial charge on any atom is 0.229 e. The van der Waals surface area contributed by atoms with E-state index in [1.54, 1.807) is 29.6 Å². The van der Waals surface area contributed by atoms with Gasteiger partial charge in [0.25, 0.3) is 0 Å². The molecule has 0 unspecified atom stereocenters. The molecule has 0 atom stereocenters. The van der Waals surface area contributed by atoms with Gasteiger partial charge in [-0.15, -0.1) is 23.1 Å². The second-order valence-electron chi connectivity index (χ2n) is 6.38. The first-order valence-corrected chi connectivity index (χ1v) is 13.3. The van der Waals surface area contributed by atoms with Crippen LogP contribution in [0.15, 0.2) is 62.5 Å². The highest BCUT2D eigenvalue weighted by Crippen LogP contribution is 2.42. The molecule has 0 aliphatic rings. The Hall–Kier alpha value is -1.94. The van der Waals surface area contributed by atoms with Gasteiger partial charge in [-0.05, 0) is 48.6 Å². The topological polar surface area (TPSA) is 96.0 Å². The van der Waals surface area contributed by atoms with Crippen LogP contribution >= 0.6 is 34.9 Å². The van der Waals surface area contributed by atoms with Crippen LogP contribution < -0.4 is 10.5 Å². The average Bonchev–Trinajstić information content (AvgIpc) is 3.04. The lowest BCUT2D eigenvalue weighted by Gasteiger charge is -2.14. The second-order valence-corrected chi connectivity index (χ2v) is 11.4. The minimum absolute atomic E-state index is 0.0716. The largest absolute Gasteiger partial charge is 0.383 e. The molecule has 0 amide bonds. The lowest BCUT2D eigenvalue weighted by molar-refractivity contribution is 0.607. The molecule has 152 valence electrons. The summed E-state index contributed by atoms with van der Waals surface area (Å²) in [5.74, 6) is 0.0716. The first-order chi connectivity index (χ1) is 13.7. The molecule has 1 aromatic heterocycles. The molecule has 0 aliphatic heterocycles. The number of anilines is 1. The highest BCUT2D eigenvalue weighted by Gasteiger charge is 2.15. The van der Waals surface area contributed by atoms with Gasteiger partial charge in [0.15, 0.2) is 0 Å². The van der Waals surface area contributed by atoms with Gasteiger partial charge in [-0.25, -0.2) is 8.42 Å². The number of aryl methyl sites for hydroxylation is 1. The first kappa shape index (κ1) is 21.8. The minimum atomic E-state index is -3.39. The van der Waals surface area contributed by atoms with E-state index in [4.69, 9.17) is 11.1 Å². The Morgan fingerprint density at radius 1 is 1.17 bits per heavy atom. The Morgan fingerprint density at radius 3 is 2.55 bits per heavy atom. The maximum atomic E-state index is 11.8. The van der Waals surface area contributed by atoms with Crippen molar-refractivity contribution in [3.8, 4) is 11.1 Å². The molecule has 2 aromatic carbocycles.